The summed E-state index contributed by atoms with van der Waals surface area (Å²) in [6.07, 6.45) is 8.19. The van der Waals surface area contributed by atoms with E-state index < -0.39 is 5.60 Å². The highest BCUT2D eigenvalue weighted by atomic mass is 32.1. The average Bonchev–Trinajstić information content (AvgIpc) is 3.36. The quantitative estimate of drug-likeness (QED) is 0.601. The van der Waals surface area contributed by atoms with Crippen molar-refractivity contribution < 1.29 is 9.50 Å². The van der Waals surface area contributed by atoms with Gasteiger partial charge in [-0.1, -0.05) is 12.5 Å². The number of fused-ring (bicyclic) bond motifs is 2. The van der Waals surface area contributed by atoms with Crippen LogP contribution >= 0.6 is 11.3 Å². The van der Waals surface area contributed by atoms with Gasteiger partial charge in [0.15, 0.2) is 0 Å². The minimum atomic E-state index is -0.862. The van der Waals surface area contributed by atoms with E-state index in [1.807, 2.05) is 29.2 Å². The standard InChI is InChI=1S/C24H25FN2OS/c1-23-13-16-14-26-27(20-8-6-19(25)7-9-20)21(16)12-17(23)4-3-5-22(23)24(2,28)18-10-11-29-15-18/h6-12,14-15,22,28H,3-5,13H2,1-2H3/t22-,23-,24-/m0/s1. The number of aliphatic hydroxyl groups is 1. The highest BCUT2D eigenvalue weighted by molar-refractivity contribution is 7.08. The molecule has 2 heterocycles. The molecule has 0 spiro atoms. The SMILES string of the molecule is C[C@]12Cc3cnn(-c4ccc(F)cc4)c3C=C1CCC[C@@H]2[C@@](C)(O)c1ccsc1. The summed E-state index contributed by atoms with van der Waals surface area (Å²) in [4.78, 5) is 0. The van der Waals surface area contributed by atoms with E-state index >= 15 is 0 Å². The molecular formula is C24H25FN2OS. The van der Waals surface area contributed by atoms with Crippen LogP contribution in [0.5, 0.6) is 0 Å². The number of halogens is 1. The second kappa shape index (κ2) is 6.64. The van der Waals surface area contributed by atoms with Gasteiger partial charge in [0.2, 0.25) is 0 Å². The van der Waals surface area contributed by atoms with Crippen molar-refractivity contribution in [2.45, 2.75) is 45.1 Å². The first-order chi connectivity index (χ1) is 13.9. The van der Waals surface area contributed by atoms with Crippen LogP contribution in [0.25, 0.3) is 11.8 Å². The molecule has 0 amide bonds. The Bertz CT molecular complexity index is 1070. The predicted molar refractivity (Wildman–Crippen MR) is 115 cm³/mol. The molecule has 29 heavy (non-hydrogen) atoms. The van der Waals surface area contributed by atoms with Crippen LogP contribution in [0.2, 0.25) is 0 Å². The minimum absolute atomic E-state index is 0.104. The molecule has 3 aromatic rings. The van der Waals surface area contributed by atoms with E-state index in [2.05, 4.69) is 23.5 Å². The molecule has 1 fully saturated rings. The Labute approximate surface area is 174 Å². The molecule has 2 aromatic heterocycles. The molecule has 2 aliphatic carbocycles. The molecule has 5 heteroatoms. The molecule has 5 rings (SSSR count). The number of nitrogens with zero attached hydrogens (tertiary/aromatic N) is 2. The Morgan fingerprint density at radius 2 is 2.07 bits per heavy atom. The van der Waals surface area contributed by atoms with Gasteiger partial charge in [-0.05, 0) is 96.3 Å². The van der Waals surface area contributed by atoms with Crippen molar-refractivity contribution in [1.82, 2.24) is 9.78 Å². The molecule has 1 saturated carbocycles. The maximum atomic E-state index is 13.3. The molecule has 1 aromatic carbocycles. The molecule has 3 atom stereocenters. The minimum Gasteiger partial charge on any atom is -0.385 e. The molecule has 0 aliphatic heterocycles. The van der Waals surface area contributed by atoms with Crippen molar-refractivity contribution >= 4 is 17.4 Å². The highest BCUT2D eigenvalue weighted by Crippen LogP contribution is 2.56. The van der Waals surface area contributed by atoms with Crippen LogP contribution in [0.1, 0.15) is 49.9 Å². The van der Waals surface area contributed by atoms with Crippen LogP contribution < -0.4 is 0 Å². The van der Waals surface area contributed by atoms with E-state index in [0.717, 1.165) is 42.6 Å². The molecule has 1 N–H and O–H groups in total. The van der Waals surface area contributed by atoms with Gasteiger partial charge in [-0.3, -0.25) is 0 Å². The first-order valence-corrected chi connectivity index (χ1v) is 11.1. The fourth-order valence-electron chi connectivity index (χ4n) is 5.48. The first kappa shape index (κ1) is 18.8. The molecular weight excluding hydrogens is 383 g/mol. The zero-order valence-electron chi connectivity index (χ0n) is 16.7. The van der Waals surface area contributed by atoms with E-state index in [1.165, 1.54) is 23.3 Å². The molecule has 0 bridgehead atoms. The second-order valence-corrected chi connectivity index (χ2v) is 9.59. The Hall–Kier alpha value is -2.24. The van der Waals surface area contributed by atoms with E-state index in [0.29, 0.717) is 0 Å². The third-order valence-corrected chi connectivity index (χ3v) is 7.74. The summed E-state index contributed by atoms with van der Waals surface area (Å²) < 4.78 is 15.3. The number of hydrogen-bond acceptors (Lipinski definition) is 3. The van der Waals surface area contributed by atoms with Gasteiger partial charge >= 0.3 is 0 Å². The third-order valence-electron chi connectivity index (χ3n) is 7.05. The Balaban J connectivity index is 1.56. The smallest absolute Gasteiger partial charge is 0.123 e. The summed E-state index contributed by atoms with van der Waals surface area (Å²) in [7, 11) is 0. The second-order valence-electron chi connectivity index (χ2n) is 8.81. The molecule has 0 radical (unpaired) electrons. The first-order valence-electron chi connectivity index (χ1n) is 10.2. The Kier molecular flexibility index (Phi) is 4.30. The van der Waals surface area contributed by atoms with E-state index in [4.69, 9.17) is 0 Å². The van der Waals surface area contributed by atoms with Gasteiger partial charge in [-0.2, -0.15) is 16.4 Å². The Morgan fingerprint density at radius 3 is 2.79 bits per heavy atom. The lowest BCUT2D eigenvalue weighted by Crippen LogP contribution is -2.47. The van der Waals surface area contributed by atoms with Crippen LogP contribution in [0.3, 0.4) is 0 Å². The summed E-state index contributed by atoms with van der Waals surface area (Å²) in [6, 6.07) is 8.52. The van der Waals surface area contributed by atoms with Crippen molar-refractivity contribution in [3.63, 3.8) is 0 Å². The summed E-state index contributed by atoms with van der Waals surface area (Å²) in [6.45, 7) is 4.28. The number of allylic oxidation sites excluding steroid dienone is 1. The van der Waals surface area contributed by atoms with Gasteiger partial charge < -0.3 is 5.11 Å². The number of hydrogen-bond donors (Lipinski definition) is 1. The fourth-order valence-corrected chi connectivity index (χ4v) is 6.25. The van der Waals surface area contributed by atoms with Crippen LogP contribution in [0, 0.1) is 17.2 Å². The largest absolute Gasteiger partial charge is 0.385 e. The van der Waals surface area contributed by atoms with Crippen LogP contribution in [0.4, 0.5) is 4.39 Å². The monoisotopic (exact) mass is 408 g/mol. The molecule has 3 nitrogen and oxygen atoms in total. The summed E-state index contributed by atoms with van der Waals surface area (Å²) in [5.41, 5.74) is 4.58. The third kappa shape index (κ3) is 2.90. The van der Waals surface area contributed by atoms with Crippen molar-refractivity contribution in [2.24, 2.45) is 11.3 Å². The zero-order chi connectivity index (χ0) is 20.2. The van der Waals surface area contributed by atoms with E-state index in [1.54, 1.807) is 23.5 Å². The summed E-state index contributed by atoms with van der Waals surface area (Å²) >= 11 is 1.63. The van der Waals surface area contributed by atoms with Gasteiger partial charge in [0, 0.05) is 5.92 Å². The lowest BCUT2D eigenvalue weighted by Gasteiger charge is -2.51. The van der Waals surface area contributed by atoms with Crippen molar-refractivity contribution in [3.05, 3.63) is 75.5 Å². The van der Waals surface area contributed by atoms with Crippen LogP contribution in [0.15, 0.2) is 52.9 Å². The van der Waals surface area contributed by atoms with Gasteiger partial charge in [0.05, 0.1) is 23.2 Å². The summed E-state index contributed by atoms with van der Waals surface area (Å²) in [5.74, 6) is -0.0987. The fraction of sp³-hybridized carbons (Fsp3) is 0.375. The normalized spacial score (nSPS) is 25.7. The van der Waals surface area contributed by atoms with Gasteiger partial charge in [0.25, 0.3) is 0 Å². The maximum absolute atomic E-state index is 13.3. The number of benzene rings is 1. The lowest BCUT2D eigenvalue weighted by atomic mass is 9.55. The molecule has 2 aliphatic rings. The number of rotatable bonds is 3. The van der Waals surface area contributed by atoms with Gasteiger partial charge in [-0.25, -0.2) is 9.07 Å². The van der Waals surface area contributed by atoms with E-state index in [-0.39, 0.29) is 17.2 Å². The lowest BCUT2D eigenvalue weighted by molar-refractivity contribution is -0.0656. The van der Waals surface area contributed by atoms with Gasteiger partial charge in [-0.15, -0.1) is 0 Å². The number of aromatic nitrogens is 2. The predicted octanol–water partition coefficient (Wildman–Crippen LogP) is 5.73. The average molecular weight is 409 g/mol. The topological polar surface area (TPSA) is 38.0 Å². The van der Waals surface area contributed by atoms with Crippen molar-refractivity contribution in [1.29, 1.82) is 0 Å². The van der Waals surface area contributed by atoms with Crippen molar-refractivity contribution in [2.75, 3.05) is 0 Å². The summed E-state index contributed by atoms with van der Waals surface area (Å²) in [5, 5.41) is 20.3. The van der Waals surface area contributed by atoms with Crippen LogP contribution in [-0.4, -0.2) is 14.9 Å². The van der Waals surface area contributed by atoms with Crippen LogP contribution in [-0.2, 0) is 12.0 Å². The number of thiophene rings is 1. The maximum Gasteiger partial charge on any atom is 0.123 e. The zero-order valence-corrected chi connectivity index (χ0v) is 17.5. The highest BCUT2D eigenvalue weighted by Gasteiger charge is 2.51. The van der Waals surface area contributed by atoms with E-state index in [9.17, 15) is 9.50 Å². The van der Waals surface area contributed by atoms with Crippen molar-refractivity contribution in [3.8, 4) is 5.69 Å². The Morgan fingerprint density at radius 1 is 1.28 bits per heavy atom. The molecule has 150 valence electrons. The molecule has 0 saturated heterocycles. The molecule has 0 unspecified atom stereocenters. The van der Waals surface area contributed by atoms with Gasteiger partial charge in [0.1, 0.15) is 5.82 Å².